The van der Waals surface area contributed by atoms with Gasteiger partial charge in [-0.1, -0.05) is 31.8 Å². The van der Waals surface area contributed by atoms with Crippen molar-refractivity contribution < 1.29 is 13.5 Å². The number of benzene rings is 1. The second kappa shape index (κ2) is 7.44. The predicted octanol–water partition coefficient (Wildman–Crippen LogP) is 1.66. The van der Waals surface area contributed by atoms with Gasteiger partial charge in [0.25, 0.3) is 0 Å². The van der Waals surface area contributed by atoms with Gasteiger partial charge in [0.05, 0.1) is 11.5 Å². The Morgan fingerprint density at radius 1 is 1.35 bits per heavy atom. The van der Waals surface area contributed by atoms with Gasteiger partial charge in [-0.05, 0) is 30.5 Å². The summed E-state index contributed by atoms with van der Waals surface area (Å²) in [6.45, 7) is 6.13. The van der Waals surface area contributed by atoms with Crippen LogP contribution in [0.4, 0.5) is 0 Å². The Bertz CT molecular complexity index is 610. The molecule has 0 saturated heterocycles. The average molecular weight is 295 g/mol. The monoisotopic (exact) mass is 295 g/mol. The molecule has 4 nitrogen and oxygen atoms in total. The van der Waals surface area contributed by atoms with E-state index in [2.05, 4.69) is 16.6 Å². The molecular formula is C15H21NO3S. The first kappa shape index (κ1) is 16.7. The third-order valence-electron chi connectivity index (χ3n) is 2.57. The van der Waals surface area contributed by atoms with Crippen LogP contribution in [-0.2, 0) is 10.0 Å². The highest BCUT2D eigenvalue weighted by molar-refractivity contribution is 7.89. The zero-order valence-electron chi connectivity index (χ0n) is 12.1. The lowest BCUT2D eigenvalue weighted by molar-refractivity contribution is 0.305. The Kier molecular flexibility index (Phi) is 6.21. The van der Waals surface area contributed by atoms with Gasteiger partial charge >= 0.3 is 0 Å². The maximum absolute atomic E-state index is 12.3. The SMILES string of the molecule is Cc1ccc(S(=O)(=O)NCC(C)C)c(C#CCCO)c1. The number of nitrogens with one attached hydrogen (secondary N) is 1. The standard InChI is InChI=1S/C15H21NO3S/c1-12(2)11-16-20(18,19)15-8-7-13(3)10-14(15)6-4-5-9-17/h7-8,10,12,16-17H,5,9,11H2,1-3H3. The Morgan fingerprint density at radius 2 is 2.05 bits per heavy atom. The molecule has 0 aliphatic carbocycles. The van der Waals surface area contributed by atoms with Gasteiger partial charge in [0, 0.05) is 18.5 Å². The predicted molar refractivity (Wildman–Crippen MR) is 79.8 cm³/mol. The van der Waals surface area contributed by atoms with Crippen molar-refractivity contribution in [2.75, 3.05) is 13.2 Å². The highest BCUT2D eigenvalue weighted by atomic mass is 32.2. The van der Waals surface area contributed by atoms with Gasteiger partial charge in [0.1, 0.15) is 0 Å². The van der Waals surface area contributed by atoms with E-state index in [4.69, 9.17) is 5.11 Å². The van der Waals surface area contributed by atoms with Crippen molar-refractivity contribution in [3.63, 3.8) is 0 Å². The van der Waals surface area contributed by atoms with Gasteiger partial charge in [-0.2, -0.15) is 0 Å². The van der Waals surface area contributed by atoms with E-state index in [1.807, 2.05) is 20.8 Å². The number of aryl methyl sites for hydroxylation is 1. The highest BCUT2D eigenvalue weighted by Crippen LogP contribution is 2.16. The Balaban J connectivity index is 3.14. The first-order valence-electron chi connectivity index (χ1n) is 6.57. The van der Waals surface area contributed by atoms with E-state index in [0.717, 1.165) is 5.56 Å². The van der Waals surface area contributed by atoms with Crippen molar-refractivity contribution in [2.45, 2.75) is 32.1 Å². The summed E-state index contributed by atoms with van der Waals surface area (Å²) in [5.74, 6) is 5.82. The molecule has 0 heterocycles. The van der Waals surface area contributed by atoms with Gasteiger partial charge in [-0.15, -0.1) is 0 Å². The molecule has 2 N–H and O–H groups in total. The van der Waals surface area contributed by atoms with Crippen molar-refractivity contribution in [1.29, 1.82) is 0 Å². The molecule has 1 aromatic rings. The van der Waals surface area contributed by atoms with Crippen LogP contribution in [0, 0.1) is 24.7 Å². The molecule has 0 bridgehead atoms. The normalized spacial score (nSPS) is 11.2. The number of aliphatic hydroxyl groups excluding tert-OH is 1. The van der Waals surface area contributed by atoms with E-state index in [1.54, 1.807) is 18.2 Å². The molecule has 1 aromatic carbocycles. The van der Waals surface area contributed by atoms with Crippen molar-refractivity contribution in [3.8, 4) is 11.8 Å². The molecule has 5 heteroatoms. The van der Waals surface area contributed by atoms with Crippen LogP contribution in [0.15, 0.2) is 23.1 Å². The zero-order chi connectivity index (χ0) is 15.2. The molecule has 0 saturated carbocycles. The fourth-order valence-electron chi connectivity index (χ4n) is 1.54. The number of hydrogen-bond acceptors (Lipinski definition) is 3. The van der Waals surface area contributed by atoms with Crippen LogP contribution in [0.25, 0.3) is 0 Å². The van der Waals surface area contributed by atoms with Crippen LogP contribution in [0.5, 0.6) is 0 Å². The second-order valence-corrected chi connectivity index (χ2v) is 6.76. The molecule has 0 aromatic heterocycles. The Morgan fingerprint density at radius 3 is 2.65 bits per heavy atom. The van der Waals surface area contributed by atoms with Crippen LogP contribution in [0.3, 0.4) is 0 Å². The van der Waals surface area contributed by atoms with Crippen LogP contribution in [0.1, 0.15) is 31.4 Å². The molecule has 0 spiro atoms. The molecule has 110 valence electrons. The van der Waals surface area contributed by atoms with Crippen molar-refractivity contribution in [2.24, 2.45) is 5.92 Å². The molecule has 1 rings (SSSR count). The first-order valence-corrected chi connectivity index (χ1v) is 8.05. The number of hydrogen-bond donors (Lipinski definition) is 2. The molecule has 0 fully saturated rings. The minimum absolute atomic E-state index is 0.0352. The molecule has 0 amide bonds. The zero-order valence-corrected chi connectivity index (χ0v) is 12.9. The summed E-state index contributed by atoms with van der Waals surface area (Å²) in [7, 11) is -3.55. The third kappa shape index (κ3) is 4.97. The summed E-state index contributed by atoms with van der Waals surface area (Å²) in [6, 6.07) is 5.07. The third-order valence-corrected chi connectivity index (χ3v) is 4.05. The molecule has 0 radical (unpaired) electrons. The van der Waals surface area contributed by atoms with Crippen LogP contribution in [0.2, 0.25) is 0 Å². The summed E-state index contributed by atoms with van der Waals surface area (Å²) in [5.41, 5.74) is 1.41. The van der Waals surface area contributed by atoms with E-state index in [9.17, 15) is 8.42 Å². The molecule has 0 atom stereocenters. The summed E-state index contributed by atoms with van der Waals surface area (Å²) >= 11 is 0. The van der Waals surface area contributed by atoms with Crippen LogP contribution in [-0.4, -0.2) is 26.7 Å². The van der Waals surface area contributed by atoms with Gasteiger partial charge in [-0.25, -0.2) is 13.1 Å². The van der Waals surface area contributed by atoms with E-state index < -0.39 is 10.0 Å². The van der Waals surface area contributed by atoms with Gasteiger partial charge < -0.3 is 5.11 Å². The molecule has 20 heavy (non-hydrogen) atoms. The quantitative estimate of drug-likeness (QED) is 0.812. The fraction of sp³-hybridized carbons (Fsp3) is 0.467. The smallest absolute Gasteiger partial charge is 0.241 e. The lowest BCUT2D eigenvalue weighted by atomic mass is 10.1. The van der Waals surface area contributed by atoms with Crippen molar-refractivity contribution in [3.05, 3.63) is 29.3 Å². The largest absolute Gasteiger partial charge is 0.395 e. The van der Waals surface area contributed by atoms with Gasteiger partial charge in [-0.3, -0.25) is 0 Å². The summed E-state index contributed by atoms with van der Waals surface area (Å²) in [6.07, 6.45) is 0.326. The van der Waals surface area contributed by atoms with E-state index in [1.165, 1.54) is 0 Å². The topological polar surface area (TPSA) is 66.4 Å². The molecule has 0 aliphatic rings. The Hall–Kier alpha value is -1.35. The van der Waals surface area contributed by atoms with Gasteiger partial charge in [0.2, 0.25) is 10.0 Å². The lowest BCUT2D eigenvalue weighted by Crippen LogP contribution is -2.28. The van der Waals surface area contributed by atoms with E-state index in [0.29, 0.717) is 18.5 Å². The Labute approximate surface area is 121 Å². The molecular weight excluding hydrogens is 274 g/mol. The van der Waals surface area contributed by atoms with E-state index in [-0.39, 0.29) is 17.4 Å². The first-order chi connectivity index (χ1) is 9.36. The fourth-order valence-corrected chi connectivity index (χ4v) is 2.90. The van der Waals surface area contributed by atoms with Gasteiger partial charge in [0.15, 0.2) is 0 Å². The maximum Gasteiger partial charge on any atom is 0.241 e. The van der Waals surface area contributed by atoms with E-state index >= 15 is 0 Å². The number of sulfonamides is 1. The lowest BCUT2D eigenvalue weighted by Gasteiger charge is -2.11. The van der Waals surface area contributed by atoms with Crippen LogP contribution < -0.4 is 4.72 Å². The van der Waals surface area contributed by atoms with Crippen molar-refractivity contribution in [1.82, 2.24) is 4.72 Å². The number of aliphatic hydroxyl groups is 1. The molecule has 0 aliphatic heterocycles. The average Bonchev–Trinajstić information content (AvgIpc) is 2.37. The summed E-state index contributed by atoms with van der Waals surface area (Å²) < 4.78 is 27.1. The maximum atomic E-state index is 12.3. The van der Waals surface area contributed by atoms with Crippen LogP contribution >= 0.6 is 0 Å². The minimum Gasteiger partial charge on any atom is -0.395 e. The second-order valence-electron chi connectivity index (χ2n) is 5.02. The minimum atomic E-state index is -3.55. The summed E-state index contributed by atoms with van der Waals surface area (Å²) in [5, 5.41) is 8.74. The van der Waals surface area contributed by atoms with Crippen molar-refractivity contribution >= 4 is 10.0 Å². The number of rotatable bonds is 5. The molecule has 0 unspecified atom stereocenters. The highest BCUT2D eigenvalue weighted by Gasteiger charge is 2.17. The summed E-state index contributed by atoms with van der Waals surface area (Å²) in [4.78, 5) is 0.189.